The van der Waals surface area contributed by atoms with E-state index in [-0.39, 0.29) is 18.4 Å². The van der Waals surface area contributed by atoms with E-state index in [1.165, 1.54) is 16.7 Å². The Morgan fingerprint density at radius 2 is 2.23 bits per heavy atom. The number of amides is 2. The fourth-order valence-electron chi connectivity index (χ4n) is 1.82. The van der Waals surface area contributed by atoms with E-state index < -0.39 is 11.9 Å². The van der Waals surface area contributed by atoms with Gasteiger partial charge in [-0.15, -0.1) is 0 Å². The van der Waals surface area contributed by atoms with Crippen LogP contribution in [0.4, 0.5) is 10.5 Å². The summed E-state index contributed by atoms with van der Waals surface area (Å²) in [6.45, 7) is 1.97. The maximum atomic E-state index is 11.8. The summed E-state index contributed by atoms with van der Waals surface area (Å²) in [5.74, 6) is -0.345. The van der Waals surface area contributed by atoms with Crippen molar-refractivity contribution < 1.29 is 19.1 Å². The molecular weight excluding hydrogens is 372 g/mol. The maximum absolute atomic E-state index is 11.8. The molecule has 1 heterocycles. The molecule has 1 N–H and O–H groups in total. The van der Waals surface area contributed by atoms with Crippen molar-refractivity contribution in [3.63, 3.8) is 0 Å². The van der Waals surface area contributed by atoms with Gasteiger partial charge in [0.15, 0.2) is 6.61 Å². The van der Waals surface area contributed by atoms with Crippen LogP contribution in [-0.4, -0.2) is 47.5 Å². The second kappa shape index (κ2) is 7.64. The smallest absolute Gasteiger partial charge is 0.326 e. The van der Waals surface area contributed by atoms with Gasteiger partial charge >= 0.3 is 5.97 Å². The van der Waals surface area contributed by atoms with Crippen LogP contribution >= 0.6 is 27.7 Å². The lowest BCUT2D eigenvalue weighted by Gasteiger charge is -2.13. The minimum atomic E-state index is -0.589. The van der Waals surface area contributed by atoms with E-state index in [0.717, 1.165) is 10.0 Å². The Bertz CT molecular complexity index is 609. The van der Waals surface area contributed by atoms with Crippen LogP contribution in [0.1, 0.15) is 5.56 Å². The first-order valence-electron chi connectivity index (χ1n) is 6.59. The van der Waals surface area contributed by atoms with Gasteiger partial charge < -0.3 is 15.0 Å². The summed E-state index contributed by atoms with van der Waals surface area (Å²) in [4.78, 5) is 36.1. The number of anilines is 1. The molecule has 0 radical (unpaired) electrons. The fraction of sp³-hybridized carbons (Fsp3) is 0.357. The van der Waals surface area contributed by atoms with E-state index in [1.807, 2.05) is 19.1 Å². The van der Waals surface area contributed by atoms with Crippen LogP contribution in [0.15, 0.2) is 22.7 Å². The highest BCUT2D eigenvalue weighted by Gasteiger charge is 2.24. The zero-order valence-corrected chi connectivity index (χ0v) is 14.3. The largest absolute Gasteiger partial charge is 0.454 e. The molecule has 1 fully saturated rings. The number of hydrogen-bond acceptors (Lipinski definition) is 5. The summed E-state index contributed by atoms with van der Waals surface area (Å²) >= 11 is 4.52. The summed E-state index contributed by atoms with van der Waals surface area (Å²) in [5, 5.41) is 2.51. The summed E-state index contributed by atoms with van der Waals surface area (Å²) in [6.07, 6.45) is 0. The number of carbonyl (C=O) groups excluding carboxylic acids is 3. The number of aryl methyl sites for hydroxylation is 1. The molecule has 2 amide bonds. The molecule has 0 saturated carbocycles. The molecule has 118 valence electrons. The van der Waals surface area contributed by atoms with Gasteiger partial charge in [-0.1, -0.05) is 17.8 Å². The summed E-state index contributed by atoms with van der Waals surface area (Å²) < 4.78 is 5.64. The van der Waals surface area contributed by atoms with Crippen LogP contribution in [0.3, 0.4) is 0 Å². The topological polar surface area (TPSA) is 75.7 Å². The summed E-state index contributed by atoms with van der Waals surface area (Å²) in [5.41, 5.74) is 1.67. The second-order valence-corrected chi connectivity index (χ2v) is 6.63. The number of thioether (sulfide) groups is 1. The highest BCUT2D eigenvalue weighted by atomic mass is 79.9. The lowest BCUT2D eigenvalue weighted by molar-refractivity contribution is -0.147. The quantitative estimate of drug-likeness (QED) is 0.786. The lowest BCUT2D eigenvalue weighted by atomic mass is 10.2. The van der Waals surface area contributed by atoms with E-state index in [2.05, 4.69) is 21.2 Å². The number of hydrogen-bond donors (Lipinski definition) is 1. The van der Waals surface area contributed by atoms with Crippen molar-refractivity contribution in [1.29, 1.82) is 0 Å². The molecule has 0 aliphatic carbocycles. The van der Waals surface area contributed by atoms with Gasteiger partial charge in [-0.2, -0.15) is 0 Å². The SMILES string of the molecule is Cc1ccc(NC(=O)COC(=O)CN2CCSC2=O)c(Br)c1. The predicted molar refractivity (Wildman–Crippen MR) is 87.9 cm³/mol. The number of nitrogens with one attached hydrogen (secondary N) is 1. The third-order valence-corrected chi connectivity index (χ3v) is 4.48. The third kappa shape index (κ3) is 4.74. The molecule has 0 aromatic heterocycles. The zero-order valence-electron chi connectivity index (χ0n) is 11.9. The van der Waals surface area contributed by atoms with Gasteiger partial charge in [-0.3, -0.25) is 14.4 Å². The molecule has 6 nitrogen and oxygen atoms in total. The number of carbonyl (C=O) groups is 3. The van der Waals surface area contributed by atoms with Crippen LogP contribution in [-0.2, 0) is 14.3 Å². The Balaban J connectivity index is 1.77. The van der Waals surface area contributed by atoms with Crippen molar-refractivity contribution in [1.82, 2.24) is 4.90 Å². The standard InChI is InChI=1S/C14H15BrN2O4S/c1-9-2-3-11(10(15)6-9)16-12(18)8-21-13(19)7-17-4-5-22-14(17)20/h2-3,6H,4-5,7-8H2,1H3,(H,16,18). The van der Waals surface area contributed by atoms with Crippen molar-refractivity contribution in [2.24, 2.45) is 0 Å². The van der Waals surface area contributed by atoms with Crippen molar-refractivity contribution in [3.8, 4) is 0 Å². The minimum absolute atomic E-state index is 0.118. The molecule has 0 bridgehead atoms. The zero-order chi connectivity index (χ0) is 16.1. The normalized spacial score (nSPS) is 14.1. The van der Waals surface area contributed by atoms with Gasteiger partial charge in [0, 0.05) is 16.8 Å². The second-order valence-electron chi connectivity index (χ2n) is 4.73. The van der Waals surface area contributed by atoms with Crippen LogP contribution in [0, 0.1) is 6.92 Å². The number of ether oxygens (including phenoxy) is 1. The van der Waals surface area contributed by atoms with Gasteiger partial charge in [0.1, 0.15) is 6.54 Å². The van der Waals surface area contributed by atoms with E-state index in [9.17, 15) is 14.4 Å². The average Bonchev–Trinajstić information content (AvgIpc) is 2.85. The molecule has 1 aliphatic heterocycles. The molecule has 0 atom stereocenters. The predicted octanol–water partition coefficient (Wildman–Crippen LogP) is 2.41. The van der Waals surface area contributed by atoms with Gasteiger partial charge in [0.25, 0.3) is 11.1 Å². The molecule has 0 spiro atoms. The van der Waals surface area contributed by atoms with Crippen LogP contribution in [0.25, 0.3) is 0 Å². The summed E-state index contributed by atoms with van der Waals surface area (Å²) in [7, 11) is 0. The number of esters is 1. The highest BCUT2D eigenvalue weighted by Crippen LogP contribution is 2.23. The molecule has 8 heteroatoms. The van der Waals surface area contributed by atoms with E-state index >= 15 is 0 Å². The van der Waals surface area contributed by atoms with Crippen LogP contribution in [0.5, 0.6) is 0 Å². The molecule has 22 heavy (non-hydrogen) atoms. The molecule has 1 aromatic rings. The first-order valence-corrected chi connectivity index (χ1v) is 8.37. The Labute approximate surface area is 140 Å². The maximum Gasteiger partial charge on any atom is 0.326 e. The monoisotopic (exact) mass is 386 g/mol. The third-order valence-electron chi connectivity index (χ3n) is 2.93. The van der Waals surface area contributed by atoms with E-state index in [1.54, 1.807) is 6.07 Å². The molecular formula is C14H15BrN2O4S. The van der Waals surface area contributed by atoms with Crippen molar-refractivity contribution in [2.45, 2.75) is 6.92 Å². The number of nitrogens with zero attached hydrogens (tertiary/aromatic N) is 1. The van der Waals surface area contributed by atoms with Crippen LogP contribution < -0.4 is 5.32 Å². The van der Waals surface area contributed by atoms with Gasteiger partial charge in [0.2, 0.25) is 0 Å². The number of rotatable bonds is 5. The highest BCUT2D eigenvalue weighted by molar-refractivity contribution is 9.10. The lowest BCUT2D eigenvalue weighted by Crippen LogP contribution is -2.32. The van der Waals surface area contributed by atoms with Gasteiger partial charge in [-0.25, -0.2) is 0 Å². The van der Waals surface area contributed by atoms with Gasteiger partial charge in [0.05, 0.1) is 5.69 Å². The Morgan fingerprint density at radius 1 is 1.45 bits per heavy atom. The number of halogens is 1. The fourth-order valence-corrected chi connectivity index (χ4v) is 3.24. The van der Waals surface area contributed by atoms with Gasteiger partial charge in [-0.05, 0) is 40.5 Å². The first kappa shape index (κ1) is 16.8. The molecule has 2 rings (SSSR count). The summed E-state index contributed by atoms with van der Waals surface area (Å²) in [6, 6.07) is 5.50. The van der Waals surface area contributed by atoms with Crippen molar-refractivity contribution in [3.05, 3.63) is 28.2 Å². The van der Waals surface area contributed by atoms with Crippen molar-refractivity contribution >= 4 is 50.5 Å². The molecule has 0 unspecified atom stereocenters. The Kier molecular flexibility index (Phi) is 5.84. The van der Waals surface area contributed by atoms with Crippen LogP contribution in [0.2, 0.25) is 0 Å². The molecule has 1 saturated heterocycles. The van der Waals surface area contributed by atoms with Crippen molar-refractivity contribution in [2.75, 3.05) is 30.8 Å². The Hall–Kier alpha value is -1.54. The first-order chi connectivity index (χ1) is 10.5. The Morgan fingerprint density at radius 3 is 2.86 bits per heavy atom. The number of benzene rings is 1. The molecule has 1 aromatic carbocycles. The van der Waals surface area contributed by atoms with E-state index in [4.69, 9.17) is 4.74 Å². The average molecular weight is 387 g/mol. The molecule has 1 aliphatic rings. The van der Waals surface area contributed by atoms with E-state index in [0.29, 0.717) is 18.0 Å². The minimum Gasteiger partial charge on any atom is -0.454 e.